The number of hydrogen-bond donors (Lipinski definition) is 0. The Hall–Kier alpha value is -2.02. The average Bonchev–Trinajstić information content (AvgIpc) is 3.26. The molecule has 7 heteroatoms. The van der Waals surface area contributed by atoms with E-state index in [1.54, 1.807) is 0 Å². The summed E-state index contributed by atoms with van der Waals surface area (Å²) in [5.41, 5.74) is 0.365. The van der Waals surface area contributed by atoms with Crippen LogP contribution in [0.2, 0.25) is 0 Å². The molecule has 3 nitrogen and oxygen atoms in total. The zero-order chi connectivity index (χ0) is 19.3. The van der Waals surface area contributed by atoms with Gasteiger partial charge in [-0.15, -0.1) is 11.3 Å². The first kappa shape index (κ1) is 18.3. The minimum absolute atomic E-state index is 0.0345. The smallest absolute Gasteiger partial charge is 0.298 e. The summed E-state index contributed by atoms with van der Waals surface area (Å²) in [5.74, 6) is -0.983. The zero-order valence-corrected chi connectivity index (χ0v) is 15.5. The number of halogens is 3. The van der Waals surface area contributed by atoms with E-state index in [1.807, 2.05) is 6.92 Å². The van der Waals surface area contributed by atoms with Crippen molar-refractivity contribution in [3.8, 4) is 10.6 Å². The van der Waals surface area contributed by atoms with E-state index in [4.69, 9.17) is 0 Å². The van der Waals surface area contributed by atoms with Crippen molar-refractivity contribution in [3.05, 3.63) is 40.4 Å². The third-order valence-electron chi connectivity index (χ3n) is 5.59. The average molecular weight is 393 g/mol. The van der Waals surface area contributed by atoms with Gasteiger partial charge < -0.3 is 0 Å². The van der Waals surface area contributed by atoms with Gasteiger partial charge in [0.05, 0.1) is 11.3 Å². The molecule has 2 aliphatic rings. The number of thiazole rings is 1. The normalized spacial score (nSPS) is 25.3. The molecule has 1 aromatic heterocycles. The van der Waals surface area contributed by atoms with Gasteiger partial charge >= 0.3 is 6.18 Å². The molecule has 0 amide bonds. The predicted octanol–water partition coefficient (Wildman–Crippen LogP) is 5.04. The van der Waals surface area contributed by atoms with Crippen LogP contribution in [0.4, 0.5) is 13.2 Å². The maximum atomic E-state index is 12.8. The van der Waals surface area contributed by atoms with Crippen LogP contribution < -0.4 is 0 Å². The molecule has 2 fully saturated rings. The van der Waals surface area contributed by atoms with Gasteiger partial charge in [0.25, 0.3) is 0 Å². The predicted molar refractivity (Wildman–Crippen MR) is 95.5 cm³/mol. The highest BCUT2D eigenvalue weighted by Crippen LogP contribution is 2.45. The van der Waals surface area contributed by atoms with Gasteiger partial charge in [0.1, 0.15) is 10.9 Å². The van der Waals surface area contributed by atoms with Gasteiger partial charge in [-0.3, -0.25) is 9.59 Å². The van der Waals surface area contributed by atoms with E-state index >= 15 is 0 Å². The number of alkyl halides is 3. The lowest BCUT2D eigenvalue weighted by molar-refractivity contribution is -0.138. The summed E-state index contributed by atoms with van der Waals surface area (Å²) in [6, 6.07) is 4.83. The monoisotopic (exact) mass is 393 g/mol. The first-order valence-corrected chi connectivity index (χ1v) is 9.86. The quantitative estimate of drug-likeness (QED) is 0.686. The summed E-state index contributed by atoms with van der Waals surface area (Å²) >= 11 is 1.35. The van der Waals surface area contributed by atoms with Gasteiger partial charge in [-0.05, 0) is 37.8 Å². The molecule has 142 valence electrons. The molecular weight excluding hydrogens is 375 g/mol. The van der Waals surface area contributed by atoms with Gasteiger partial charge in [-0.25, -0.2) is 4.98 Å². The Morgan fingerprint density at radius 3 is 2.19 bits per heavy atom. The van der Waals surface area contributed by atoms with E-state index < -0.39 is 17.7 Å². The van der Waals surface area contributed by atoms with Crippen LogP contribution in [0, 0.1) is 11.8 Å². The van der Waals surface area contributed by atoms with Gasteiger partial charge in [0, 0.05) is 22.3 Å². The highest BCUT2D eigenvalue weighted by molar-refractivity contribution is 7.15. The standard InChI is InChI=1S/C20H18F3NO2S/c1-2-14-16(15-17(25)11-3-4-12(9-11)18(15)26)24-19(27-14)10-5-7-13(8-6-10)20(21,22)23/h5-8,11-12,15H,2-4,9H2,1H3/t11-,12+,15?. The molecule has 2 aliphatic carbocycles. The molecule has 4 rings (SSSR count). The molecule has 0 aliphatic heterocycles. The Morgan fingerprint density at radius 2 is 1.67 bits per heavy atom. The second-order valence-corrected chi connectivity index (χ2v) is 8.28. The molecule has 1 heterocycles. The number of aryl methyl sites for hydroxylation is 1. The lowest BCUT2D eigenvalue weighted by Crippen LogP contribution is -2.35. The van der Waals surface area contributed by atoms with Crippen LogP contribution in [-0.2, 0) is 22.2 Å². The molecule has 2 bridgehead atoms. The number of nitrogens with zero attached hydrogens (tertiary/aromatic N) is 1. The second kappa shape index (κ2) is 6.55. The van der Waals surface area contributed by atoms with Gasteiger partial charge in [0.2, 0.25) is 0 Å². The maximum absolute atomic E-state index is 12.8. The van der Waals surface area contributed by atoms with Crippen molar-refractivity contribution < 1.29 is 22.8 Å². The van der Waals surface area contributed by atoms with Crippen LogP contribution in [0.1, 0.15) is 48.2 Å². The topological polar surface area (TPSA) is 47.0 Å². The number of carbonyl (C=O) groups is 2. The maximum Gasteiger partial charge on any atom is 0.416 e. The van der Waals surface area contributed by atoms with Crippen LogP contribution in [0.15, 0.2) is 24.3 Å². The van der Waals surface area contributed by atoms with Crippen molar-refractivity contribution in [1.82, 2.24) is 4.98 Å². The molecule has 2 aromatic rings. The summed E-state index contributed by atoms with van der Waals surface area (Å²) in [6.07, 6.45) is -1.57. The fraction of sp³-hybridized carbons (Fsp3) is 0.450. The number of Topliss-reactive ketones (excluding diaryl/α,β-unsaturated/α-hetero) is 2. The molecule has 0 N–H and O–H groups in total. The Morgan fingerprint density at radius 1 is 1.07 bits per heavy atom. The van der Waals surface area contributed by atoms with Crippen molar-refractivity contribution in [3.63, 3.8) is 0 Å². The SMILES string of the molecule is CCc1sc(-c2ccc(C(F)(F)F)cc2)nc1C1C(=O)[C@@H]2CC[C@@H](C2)C1=O. The minimum Gasteiger partial charge on any atom is -0.298 e. The van der Waals surface area contributed by atoms with E-state index in [-0.39, 0.29) is 23.4 Å². The summed E-state index contributed by atoms with van der Waals surface area (Å²) in [7, 11) is 0. The van der Waals surface area contributed by atoms with E-state index in [0.717, 1.165) is 29.9 Å². The summed E-state index contributed by atoms with van der Waals surface area (Å²) in [4.78, 5) is 31.0. The number of benzene rings is 1. The Bertz CT molecular complexity index is 879. The first-order chi connectivity index (χ1) is 12.8. The van der Waals surface area contributed by atoms with Crippen LogP contribution in [-0.4, -0.2) is 16.6 Å². The van der Waals surface area contributed by atoms with Crippen molar-refractivity contribution in [2.45, 2.75) is 44.7 Å². The molecule has 0 radical (unpaired) electrons. The van der Waals surface area contributed by atoms with E-state index in [2.05, 4.69) is 4.98 Å². The molecule has 0 spiro atoms. The van der Waals surface area contributed by atoms with Crippen molar-refractivity contribution in [2.24, 2.45) is 11.8 Å². The Labute approximate surface area is 158 Å². The number of ketones is 2. The molecule has 1 aromatic carbocycles. The highest BCUT2D eigenvalue weighted by atomic mass is 32.1. The molecule has 0 saturated heterocycles. The molecule has 3 atom stereocenters. The number of aromatic nitrogens is 1. The first-order valence-electron chi connectivity index (χ1n) is 9.04. The molecular formula is C20H18F3NO2S. The van der Waals surface area contributed by atoms with Gasteiger partial charge in [-0.1, -0.05) is 19.1 Å². The number of hydrogen-bond acceptors (Lipinski definition) is 4. The largest absolute Gasteiger partial charge is 0.416 e. The lowest BCUT2D eigenvalue weighted by atomic mass is 9.77. The van der Waals surface area contributed by atoms with Crippen molar-refractivity contribution >= 4 is 22.9 Å². The van der Waals surface area contributed by atoms with Crippen LogP contribution in [0.25, 0.3) is 10.6 Å². The van der Waals surface area contributed by atoms with Crippen LogP contribution in [0.3, 0.4) is 0 Å². The number of carbonyl (C=O) groups excluding carboxylic acids is 2. The third-order valence-corrected chi connectivity index (χ3v) is 6.85. The van der Waals surface area contributed by atoms with Crippen LogP contribution in [0.5, 0.6) is 0 Å². The van der Waals surface area contributed by atoms with Gasteiger partial charge in [-0.2, -0.15) is 13.2 Å². The fourth-order valence-electron chi connectivity index (χ4n) is 4.15. The third kappa shape index (κ3) is 3.12. The minimum atomic E-state index is -4.39. The van der Waals surface area contributed by atoms with E-state index in [9.17, 15) is 22.8 Å². The Balaban J connectivity index is 1.71. The number of fused-ring (bicyclic) bond motifs is 2. The van der Waals surface area contributed by atoms with E-state index in [1.165, 1.54) is 23.5 Å². The highest BCUT2D eigenvalue weighted by Gasteiger charge is 2.48. The molecule has 1 unspecified atom stereocenters. The summed E-state index contributed by atoms with van der Waals surface area (Å²) in [6.45, 7) is 1.93. The second-order valence-electron chi connectivity index (χ2n) is 7.20. The number of rotatable bonds is 3. The zero-order valence-electron chi connectivity index (χ0n) is 14.7. The van der Waals surface area contributed by atoms with Crippen molar-refractivity contribution in [2.75, 3.05) is 0 Å². The van der Waals surface area contributed by atoms with E-state index in [0.29, 0.717) is 29.1 Å². The summed E-state index contributed by atoms with van der Waals surface area (Å²) < 4.78 is 38.3. The molecule has 2 saturated carbocycles. The summed E-state index contributed by atoms with van der Waals surface area (Å²) in [5, 5.41) is 0.550. The van der Waals surface area contributed by atoms with Crippen molar-refractivity contribution in [1.29, 1.82) is 0 Å². The Kier molecular flexibility index (Phi) is 4.45. The molecule has 27 heavy (non-hydrogen) atoms. The lowest BCUT2D eigenvalue weighted by Gasteiger charge is -2.24. The van der Waals surface area contributed by atoms with Gasteiger partial charge in [0.15, 0.2) is 11.6 Å². The van der Waals surface area contributed by atoms with Crippen LogP contribution >= 0.6 is 11.3 Å². The fourth-order valence-corrected chi connectivity index (χ4v) is 5.19.